The molecule has 0 spiro atoms. The van der Waals surface area contributed by atoms with E-state index in [-0.39, 0.29) is 19.6 Å². The Labute approximate surface area is 187 Å². The molecule has 182 valence electrons. The van der Waals surface area contributed by atoms with Crippen LogP contribution in [-0.2, 0) is 23.9 Å². The second kappa shape index (κ2) is 14.5. The molecule has 0 aromatic rings. The van der Waals surface area contributed by atoms with Crippen molar-refractivity contribution in [3.63, 3.8) is 0 Å². The fourth-order valence-corrected chi connectivity index (χ4v) is 3.46. The van der Waals surface area contributed by atoms with Gasteiger partial charge in [0.2, 0.25) is 0 Å². The van der Waals surface area contributed by atoms with Crippen LogP contribution >= 0.6 is 0 Å². The molecule has 32 heavy (non-hydrogen) atoms. The van der Waals surface area contributed by atoms with Gasteiger partial charge < -0.3 is 20.1 Å². The van der Waals surface area contributed by atoms with Crippen molar-refractivity contribution in [3.05, 3.63) is 12.7 Å². The number of carboxylic acid groups (broad SMARTS) is 3. The first-order valence-electron chi connectivity index (χ1n) is 10.5. The summed E-state index contributed by atoms with van der Waals surface area (Å²) in [5.74, 6) is -3.49. The van der Waals surface area contributed by atoms with Gasteiger partial charge >= 0.3 is 23.9 Å². The van der Waals surface area contributed by atoms with Crippen molar-refractivity contribution in [2.45, 2.75) is 13.0 Å². The lowest BCUT2D eigenvalue weighted by atomic mass is 10.3. The summed E-state index contributed by atoms with van der Waals surface area (Å²) >= 11 is 0. The van der Waals surface area contributed by atoms with Crippen molar-refractivity contribution in [2.75, 3.05) is 78.5 Å². The van der Waals surface area contributed by atoms with E-state index in [0.29, 0.717) is 58.9 Å². The quantitative estimate of drug-likeness (QED) is 0.260. The van der Waals surface area contributed by atoms with Crippen LogP contribution in [0.1, 0.15) is 6.92 Å². The molecule has 1 aliphatic heterocycles. The fourth-order valence-electron chi connectivity index (χ4n) is 3.46. The van der Waals surface area contributed by atoms with E-state index in [4.69, 9.17) is 4.74 Å². The molecule has 1 atom stereocenters. The Hall–Kier alpha value is -2.54. The van der Waals surface area contributed by atoms with E-state index in [9.17, 15) is 34.5 Å². The van der Waals surface area contributed by atoms with Crippen LogP contribution in [0.2, 0.25) is 0 Å². The lowest BCUT2D eigenvalue weighted by molar-refractivity contribution is -0.143. The van der Waals surface area contributed by atoms with Gasteiger partial charge in [-0.05, 0) is 6.92 Å². The number of carboxylic acids is 3. The Morgan fingerprint density at radius 1 is 0.750 bits per heavy atom. The normalized spacial score (nSPS) is 19.3. The fraction of sp³-hybridized carbons (Fsp3) is 0.700. The molecular formula is C20H34N4O8. The number of carbonyl (C=O) groups excluding carboxylic acids is 1. The lowest BCUT2D eigenvalue weighted by Gasteiger charge is -2.33. The molecule has 3 N–H and O–H groups in total. The molecule has 0 saturated carbocycles. The predicted octanol–water partition coefficient (Wildman–Crippen LogP) is -1.42. The Balaban J connectivity index is 2.94. The second-order valence-corrected chi connectivity index (χ2v) is 7.76. The summed E-state index contributed by atoms with van der Waals surface area (Å²) in [4.78, 5) is 52.4. The van der Waals surface area contributed by atoms with Crippen LogP contribution in [0, 0.1) is 0 Å². The summed E-state index contributed by atoms with van der Waals surface area (Å²) in [5, 5.41) is 27.6. The lowest BCUT2D eigenvalue weighted by Crippen LogP contribution is -2.49. The minimum absolute atomic E-state index is 0.180. The van der Waals surface area contributed by atoms with Crippen molar-refractivity contribution in [3.8, 4) is 0 Å². The molecule has 1 rings (SSSR count). The highest BCUT2D eigenvalue weighted by molar-refractivity contribution is 5.81. The monoisotopic (exact) mass is 458 g/mol. The predicted molar refractivity (Wildman–Crippen MR) is 114 cm³/mol. The van der Waals surface area contributed by atoms with Gasteiger partial charge in [0, 0.05) is 65.0 Å². The Morgan fingerprint density at radius 3 is 1.34 bits per heavy atom. The third-order valence-corrected chi connectivity index (χ3v) is 5.01. The highest BCUT2D eigenvalue weighted by atomic mass is 16.5. The first-order chi connectivity index (χ1) is 15.1. The summed E-state index contributed by atoms with van der Waals surface area (Å²) < 4.78 is 5.23. The minimum atomic E-state index is -0.999. The molecule has 0 aromatic heterocycles. The summed E-state index contributed by atoms with van der Waals surface area (Å²) in [6.07, 6.45) is 0.652. The number of ether oxygens (including phenoxy) is 1. The zero-order valence-electron chi connectivity index (χ0n) is 18.5. The molecular weight excluding hydrogens is 424 g/mol. The van der Waals surface area contributed by atoms with Gasteiger partial charge in [-0.25, -0.2) is 4.79 Å². The molecule has 0 radical (unpaired) electrons. The largest absolute Gasteiger partial charge is 0.480 e. The first-order valence-corrected chi connectivity index (χ1v) is 10.5. The molecule has 0 aliphatic carbocycles. The topological polar surface area (TPSA) is 151 Å². The number of hydrogen-bond donors (Lipinski definition) is 3. The Kier molecular flexibility index (Phi) is 12.5. The molecule has 1 fully saturated rings. The van der Waals surface area contributed by atoms with Crippen molar-refractivity contribution in [1.29, 1.82) is 0 Å². The van der Waals surface area contributed by atoms with Crippen molar-refractivity contribution >= 4 is 23.9 Å². The van der Waals surface area contributed by atoms with Crippen molar-refractivity contribution in [2.24, 2.45) is 0 Å². The molecule has 12 heteroatoms. The average Bonchev–Trinajstić information content (AvgIpc) is 2.68. The maximum Gasteiger partial charge on any atom is 0.330 e. The molecule has 12 nitrogen and oxygen atoms in total. The zero-order valence-corrected chi connectivity index (χ0v) is 18.5. The maximum absolute atomic E-state index is 11.5. The van der Waals surface area contributed by atoms with E-state index in [0.717, 1.165) is 6.08 Å². The van der Waals surface area contributed by atoms with E-state index in [1.54, 1.807) is 21.6 Å². The van der Waals surface area contributed by atoms with Gasteiger partial charge in [-0.2, -0.15) is 0 Å². The highest BCUT2D eigenvalue weighted by Gasteiger charge is 2.21. The number of nitrogens with zero attached hydrogens (tertiary/aromatic N) is 4. The molecule has 0 amide bonds. The standard InChI is InChI=1S/C20H34N4O8/c1-3-20(31)32-16(2)12-21-4-6-22(13-17(25)26)8-10-24(15-19(29)30)11-9-23(7-5-21)14-18(27)28/h3,16H,1,4-15H2,2H3,(H,25,26)(H,27,28)(H,29,30). The van der Waals surface area contributed by atoms with Gasteiger partial charge in [-0.3, -0.25) is 34.0 Å². The zero-order chi connectivity index (χ0) is 24.1. The van der Waals surface area contributed by atoms with Crippen LogP contribution in [0.4, 0.5) is 0 Å². The van der Waals surface area contributed by atoms with Crippen LogP contribution in [0.3, 0.4) is 0 Å². The summed E-state index contributed by atoms with van der Waals surface area (Å²) in [6, 6.07) is 0. The summed E-state index contributed by atoms with van der Waals surface area (Å²) in [7, 11) is 0. The van der Waals surface area contributed by atoms with Gasteiger partial charge in [0.1, 0.15) is 6.10 Å². The molecule has 1 heterocycles. The highest BCUT2D eigenvalue weighted by Crippen LogP contribution is 2.04. The van der Waals surface area contributed by atoms with Gasteiger partial charge in [0.05, 0.1) is 19.6 Å². The third-order valence-electron chi connectivity index (χ3n) is 5.01. The van der Waals surface area contributed by atoms with Gasteiger partial charge in [0.15, 0.2) is 0 Å². The first kappa shape index (κ1) is 27.5. The Bertz CT molecular complexity index is 628. The summed E-state index contributed by atoms with van der Waals surface area (Å²) in [6.45, 7) is 8.11. The molecule has 1 aliphatic rings. The van der Waals surface area contributed by atoms with Crippen molar-refractivity contribution in [1.82, 2.24) is 19.6 Å². The van der Waals surface area contributed by atoms with E-state index >= 15 is 0 Å². The molecule has 1 unspecified atom stereocenters. The molecule has 1 saturated heterocycles. The van der Waals surface area contributed by atoms with E-state index < -0.39 is 30.0 Å². The maximum atomic E-state index is 11.5. The third kappa shape index (κ3) is 12.3. The SMILES string of the molecule is C=CC(=O)OC(C)CN1CCN(CC(=O)O)CCN(CC(=O)O)CCN(CC(=O)O)CC1. The van der Waals surface area contributed by atoms with Crippen LogP contribution in [0.25, 0.3) is 0 Å². The number of carbonyl (C=O) groups is 4. The minimum Gasteiger partial charge on any atom is -0.480 e. The van der Waals surface area contributed by atoms with E-state index in [1.165, 1.54) is 0 Å². The Morgan fingerprint density at radius 2 is 1.06 bits per heavy atom. The van der Waals surface area contributed by atoms with Crippen LogP contribution < -0.4 is 0 Å². The van der Waals surface area contributed by atoms with Gasteiger partial charge in [-0.15, -0.1) is 0 Å². The van der Waals surface area contributed by atoms with Crippen LogP contribution in [0.15, 0.2) is 12.7 Å². The van der Waals surface area contributed by atoms with Crippen molar-refractivity contribution < 1.29 is 39.2 Å². The molecule has 0 aromatic carbocycles. The number of rotatable bonds is 10. The average molecular weight is 459 g/mol. The van der Waals surface area contributed by atoms with Gasteiger partial charge in [-0.1, -0.05) is 6.58 Å². The number of esters is 1. The van der Waals surface area contributed by atoms with E-state index in [2.05, 4.69) is 6.58 Å². The van der Waals surface area contributed by atoms with Crippen LogP contribution in [0.5, 0.6) is 0 Å². The summed E-state index contributed by atoms with van der Waals surface area (Å²) in [5.41, 5.74) is 0. The number of aliphatic carboxylic acids is 3. The van der Waals surface area contributed by atoms with Gasteiger partial charge in [0.25, 0.3) is 0 Å². The molecule has 0 bridgehead atoms. The van der Waals surface area contributed by atoms with Crippen LogP contribution in [-0.4, -0.2) is 143 Å². The number of hydrogen-bond acceptors (Lipinski definition) is 9. The van der Waals surface area contributed by atoms with E-state index in [1.807, 2.05) is 4.90 Å². The smallest absolute Gasteiger partial charge is 0.330 e. The second-order valence-electron chi connectivity index (χ2n) is 7.76.